The van der Waals surface area contributed by atoms with E-state index in [1.807, 2.05) is 6.07 Å². The minimum Gasteiger partial charge on any atom is -0.347 e. The van der Waals surface area contributed by atoms with Gasteiger partial charge >= 0.3 is 0 Å². The summed E-state index contributed by atoms with van der Waals surface area (Å²) in [4.78, 5) is 10.7. The van der Waals surface area contributed by atoms with Gasteiger partial charge in [0.2, 0.25) is 0 Å². The third kappa shape index (κ3) is 2.53. The number of rotatable bonds is 3. The lowest BCUT2D eigenvalue weighted by atomic mass is 9.73. The van der Waals surface area contributed by atoms with E-state index in [2.05, 4.69) is 35.9 Å². The molecule has 0 radical (unpaired) electrons. The van der Waals surface area contributed by atoms with Gasteiger partial charge in [-0.15, -0.1) is 0 Å². The van der Waals surface area contributed by atoms with Crippen LogP contribution < -0.4 is 0 Å². The SMILES string of the molecule is CCCn1ccc2c(C3CCC4(CCOO4)CC3)c(C#N)ccc21. The van der Waals surface area contributed by atoms with Crippen molar-refractivity contribution in [2.24, 2.45) is 0 Å². The molecule has 0 atom stereocenters. The highest BCUT2D eigenvalue weighted by Crippen LogP contribution is 2.46. The van der Waals surface area contributed by atoms with Crippen LogP contribution in [0, 0.1) is 11.3 Å². The molecule has 2 heterocycles. The molecule has 0 unspecified atom stereocenters. The normalized spacial score (nSPS) is 26.9. The average molecular weight is 324 g/mol. The van der Waals surface area contributed by atoms with Crippen LogP contribution in [0.25, 0.3) is 10.9 Å². The van der Waals surface area contributed by atoms with Crippen molar-refractivity contribution in [2.75, 3.05) is 6.61 Å². The minimum absolute atomic E-state index is 0.0641. The van der Waals surface area contributed by atoms with Crippen molar-refractivity contribution in [3.05, 3.63) is 35.5 Å². The highest BCUT2D eigenvalue weighted by molar-refractivity contribution is 5.86. The van der Waals surface area contributed by atoms with E-state index in [1.54, 1.807) is 0 Å². The third-order valence-electron chi connectivity index (χ3n) is 5.76. The fourth-order valence-corrected chi connectivity index (χ4v) is 4.47. The maximum absolute atomic E-state index is 9.62. The lowest BCUT2D eigenvalue weighted by molar-refractivity contribution is -0.314. The largest absolute Gasteiger partial charge is 0.347 e. The molecule has 1 aromatic carbocycles. The molecule has 4 nitrogen and oxygen atoms in total. The quantitative estimate of drug-likeness (QED) is 0.771. The summed E-state index contributed by atoms with van der Waals surface area (Å²) in [6.07, 6.45) is 8.46. The Bertz CT molecular complexity index is 771. The summed E-state index contributed by atoms with van der Waals surface area (Å²) in [5.41, 5.74) is 3.28. The molecule has 1 aromatic heterocycles. The molecule has 0 amide bonds. The molecule has 126 valence electrons. The lowest BCUT2D eigenvalue weighted by Gasteiger charge is -2.35. The number of aryl methyl sites for hydroxylation is 1. The average Bonchev–Trinajstić information content (AvgIpc) is 3.23. The van der Waals surface area contributed by atoms with Gasteiger partial charge in [0.1, 0.15) is 5.60 Å². The molecule has 1 aliphatic heterocycles. The lowest BCUT2D eigenvalue weighted by Crippen LogP contribution is -2.32. The maximum Gasteiger partial charge on any atom is 0.106 e. The topological polar surface area (TPSA) is 47.2 Å². The fourth-order valence-electron chi connectivity index (χ4n) is 4.47. The molecule has 1 saturated carbocycles. The van der Waals surface area contributed by atoms with Crippen LogP contribution >= 0.6 is 0 Å². The molecule has 0 N–H and O–H groups in total. The number of fused-ring (bicyclic) bond motifs is 1. The Hall–Kier alpha value is -1.83. The number of hydrogen-bond donors (Lipinski definition) is 0. The van der Waals surface area contributed by atoms with Gasteiger partial charge in [-0.25, -0.2) is 9.78 Å². The van der Waals surface area contributed by atoms with Gasteiger partial charge in [-0.3, -0.25) is 0 Å². The highest BCUT2D eigenvalue weighted by atomic mass is 17.2. The van der Waals surface area contributed by atoms with Crippen molar-refractivity contribution in [1.82, 2.24) is 4.57 Å². The predicted octanol–water partition coefficient (Wildman–Crippen LogP) is 4.67. The second-order valence-electron chi connectivity index (χ2n) is 7.19. The van der Waals surface area contributed by atoms with Gasteiger partial charge in [-0.1, -0.05) is 6.92 Å². The summed E-state index contributed by atoms with van der Waals surface area (Å²) < 4.78 is 2.30. The van der Waals surface area contributed by atoms with Gasteiger partial charge in [-0.05, 0) is 61.8 Å². The number of nitriles is 1. The zero-order valence-corrected chi connectivity index (χ0v) is 14.3. The molecular weight excluding hydrogens is 300 g/mol. The number of hydrogen-bond acceptors (Lipinski definition) is 3. The Morgan fingerprint density at radius 2 is 2.08 bits per heavy atom. The van der Waals surface area contributed by atoms with E-state index in [4.69, 9.17) is 9.78 Å². The standard InChI is InChI=1S/C20H24N2O2/c1-2-11-22-12-7-17-18(22)4-3-16(14-21)19(17)15-5-8-20(9-6-15)10-13-23-24-20/h3-4,7,12,15H,2,5-6,8-11,13H2,1H3. The van der Waals surface area contributed by atoms with Crippen LogP contribution in [0.4, 0.5) is 0 Å². The molecule has 2 fully saturated rings. The zero-order valence-electron chi connectivity index (χ0n) is 14.3. The van der Waals surface area contributed by atoms with Crippen molar-refractivity contribution in [3.8, 4) is 6.07 Å². The summed E-state index contributed by atoms with van der Waals surface area (Å²) >= 11 is 0. The van der Waals surface area contributed by atoms with E-state index in [0.29, 0.717) is 12.5 Å². The molecule has 1 saturated heterocycles. The first kappa shape index (κ1) is 15.7. The Morgan fingerprint density at radius 3 is 2.75 bits per heavy atom. The molecule has 4 rings (SSSR count). The van der Waals surface area contributed by atoms with Crippen LogP contribution in [-0.4, -0.2) is 16.8 Å². The van der Waals surface area contributed by atoms with Gasteiger partial charge in [0.15, 0.2) is 0 Å². The minimum atomic E-state index is -0.0641. The van der Waals surface area contributed by atoms with Crippen molar-refractivity contribution in [2.45, 2.75) is 63.5 Å². The van der Waals surface area contributed by atoms with Gasteiger partial charge in [0.25, 0.3) is 0 Å². The van der Waals surface area contributed by atoms with Crippen molar-refractivity contribution >= 4 is 10.9 Å². The first-order valence-corrected chi connectivity index (χ1v) is 9.09. The Balaban J connectivity index is 1.69. The maximum atomic E-state index is 9.62. The summed E-state index contributed by atoms with van der Waals surface area (Å²) in [5, 5.41) is 10.9. The van der Waals surface area contributed by atoms with Crippen LogP contribution in [-0.2, 0) is 16.3 Å². The van der Waals surface area contributed by atoms with E-state index in [0.717, 1.165) is 50.6 Å². The molecule has 1 spiro atoms. The summed E-state index contributed by atoms with van der Waals surface area (Å²) in [7, 11) is 0. The van der Waals surface area contributed by atoms with Crippen LogP contribution in [0.15, 0.2) is 24.4 Å². The van der Waals surface area contributed by atoms with E-state index in [-0.39, 0.29) is 5.60 Å². The first-order chi connectivity index (χ1) is 11.8. The number of nitrogens with zero attached hydrogens (tertiary/aromatic N) is 2. The van der Waals surface area contributed by atoms with Crippen LogP contribution in [0.1, 0.15) is 62.5 Å². The Kier molecular flexibility index (Phi) is 4.07. The molecule has 2 aliphatic rings. The summed E-state index contributed by atoms with van der Waals surface area (Å²) in [6, 6.07) is 8.72. The van der Waals surface area contributed by atoms with Crippen molar-refractivity contribution in [1.29, 1.82) is 5.26 Å². The van der Waals surface area contributed by atoms with Crippen molar-refractivity contribution < 1.29 is 9.78 Å². The van der Waals surface area contributed by atoms with E-state index in [1.165, 1.54) is 16.5 Å². The van der Waals surface area contributed by atoms with Crippen LogP contribution in [0.3, 0.4) is 0 Å². The van der Waals surface area contributed by atoms with Gasteiger partial charge in [0, 0.05) is 30.1 Å². The molecule has 1 aliphatic carbocycles. The predicted molar refractivity (Wildman–Crippen MR) is 92.5 cm³/mol. The monoisotopic (exact) mass is 324 g/mol. The fraction of sp³-hybridized carbons (Fsp3) is 0.550. The Morgan fingerprint density at radius 1 is 1.25 bits per heavy atom. The van der Waals surface area contributed by atoms with Crippen LogP contribution in [0.2, 0.25) is 0 Å². The number of aromatic nitrogens is 1. The Labute approximate surface area is 142 Å². The van der Waals surface area contributed by atoms with E-state index < -0.39 is 0 Å². The smallest absolute Gasteiger partial charge is 0.106 e. The summed E-state index contributed by atoms with van der Waals surface area (Å²) in [6.45, 7) is 3.93. The highest BCUT2D eigenvalue weighted by Gasteiger charge is 2.41. The molecule has 2 aromatic rings. The van der Waals surface area contributed by atoms with Gasteiger partial charge < -0.3 is 4.57 Å². The second kappa shape index (κ2) is 6.23. The van der Waals surface area contributed by atoms with Crippen LogP contribution in [0.5, 0.6) is 0 Å². The molecule has 4 heteroatoms. The van der Waals surface area contributed by atoms with Gasteiger partial charge in [-0.2, -0.15) is 5.26 Å². The third-order valence-corrected chi connectivity index (χ3v) is 5.76. The first-order valence-electron chi connectivity index (χ1n) is 9.09. The van der Waals surface area contributed by atoms with Gasteiger partial charge in [0.05, 0.1) is 18.2 Å². The van der Waals surface area contributed by atoms with Crippen molar-refractivity contribution in [3.63, 3.8) is 0 Å². The zero-order chi connectivity index (χ0) is 16.6. The van der Waals surface area contributed by atoms with E-state index >= 15 is 0 Å². The summed E-state index contributed by atoms with van der Waals surface area (Å²) in [5.74, 6) is 0.440. The number of benzene rings is 1. The molecule has 24 heavy (non-hydrogen) atoms. The van der Waals surface area contributed by atoms with E-state index in [9.17, 15) is 5.26 Å². The molecular formula is C20H24N2O2. The molecule has 0 bridgehead atoms. The second-order valence-corrected chi connectivity index (χ2v) is 7.19.